The molecule has 0 aliphatic carbocycles. The number of para-hydroxylation sites is 1. The van der Waals surface area contributed by atoms with E-state index < -0.39 is 0 Å². The fourth-order valence-corrected chi connectivity index (χ4v) is 3.37. The van der Waals surface area contributed by atoms with Gasteiger partial charge in [-0.2, -0.15) is 5.10 Å². The summed E-state index contributed by atoms with van der Waals surface area (Å²) >= 11 is 0. The second-order valence-corrected chi connectivity index (χ2v) is 6.62. The molecule has 6 nitrogen and oxygen atoms in total. The average Bonchev–Trinajstić information content (AvgIpc) is 3.31. The number of H-pyrrole nitrogens is 1. The lowest BCUT2D eigenvalue weighted by atomic mass is 9.90. The Kier molecular flexibility index (Phi) is 4.53. The third-order valence-electron chi connectivity index (χ3n) is 4.96. The van der Waals surface area contributed by atoms with Gasteiger partial charge in [0.15, 0.2) is 0 Å². The van der Waals surface area contributed by atoms with Gasteiger partial charge in [0.05, 0.1) is 24.0 Å². The van der Waals surface area contributed by atoms with Crippen LogP contribution in [0.25, 0.3) is 17.0 Å². The van der Waals surface area contributed by atoms with Gasteiger partial charge in [-0.15, -0.1) is 0 Å². The number of carbonyl (C=O) groups excluding carboxylic acids is 2. The average molecular weight is 373 g/mol. The van der Waals surface area contributed by atoms with Gasteiger partial charge in [-0.25, -0.2) is 10.2 Å². The van der Waals surface area contributed by atoms with Crippen molar-refractivity contribution in [2.45, 2.75) is 12.8 Å². The first kappa shape index (κ1) is 17.7. The molecule has 140 valence electrons. The number of esters is 1. The van der Waals surface area contributed by atoms with E-state index >= 15 is 0 Å². The molecular weight excluding hydrogens is 354 g/mol. The van der Waals surface area contributed by atoms with Gasteiger partial charge in [0.2, 0.25) is 0 Å². The molecule has 1 aliphatic heterocycles. The first-order chi connectivity index (χ1) is 13.6. The smallest absolute Gasteiger partial charge is 0.337 e. The summed E-state index contributed by atoms with van der Waals surface area (Å²) in [5, 5.41) is 5.30. The maximum Gasteiger partial charge on any atom is 0.337 e. The van der Waals surface area contributed by atoms with Crippen LogP contribution in [0.15, 0.2) is 65.4 Å². The minimum absolute atomic E-state index is 0.123. The Labute approximate surface area is 161 Å². The van der Waals surface area contributed by atoms with Gasteiger partial charge in [0.25, 0.3) is 5.91 Å². The van der Waals surface area contributed by atoms with Crippen molar-refractivity contribution in [3.05, 3.63) is 77.0 Å². The Bertz CT molecular complexity index is 1120. The largest absolute Gasteiger partial charge is 0.465 e. The topological polar surface area (TPSA) is 83.5 Å². The standard InChI is InChI=1S/C22H19N3O3/c1-13(14-7-9-15(10-8-14)22(27)28-2)20-18(21(26)25-24-20)11-16-12-23-19-6-4-3-5-17(16)19/h3-13,23H,1-2H3,(H,25,26)/b18-11-. The monoisotopic (exact) mass is 373 g/mol. The molecule has 4 rings (SSSR count). The van der Waals surface area contributed by atoms with E-state index in [1.54, 1.807) is 12.1 Å². The molecule has 1 amide bonds. The van der Waals surface area contributed by atoms with Crippen LogP contribution in [0.2, 0.25) is 0 Å². The highest BCUT2D eigenvalue weighted by molar-refractivity contribution is 6.29. The lowest BCUT2D eigenvalue weighted by Gasteiger charge is -2.12. The molecule has 0 saturated carbocycles. The Morgan fingerprint density at radius 3 is 2.64 bits per heavy atom. The van der Waals surface area contributed by atoms with Crippen molar-refractivity contribution < 1.29 is 14.3 Å². The number of carbonyl (C=O) groups is 2. The summed E-state index contributed by atoms with van der Waals surface area (Å²) in [5.41, 5.74) is 7.15. The number of hydrazone groups is 1. The van der Waals surface area contributed by atoms with Gasteiger partial charge in [0, 0.05) is 28.6 Å². The second-order valence-electron chi connectivity index (χ2n) is 6.62. The van der Waals surface area contributed by atoms with Crippen molar-refractivity contribution in [2.24, 2.45) is 5.10 Å². The molecule has 3 aromatic rings. The molecule has 0 radical (unpaired) electrons. The van der Waals surface area contributed by atoms with Crippen molar-refractivity contribution in [2.75, 3.05) is 7.11 Å². The molecule has 1 atom stereocenters. The number of fused-ring (bicyclic) bond motifs is 1. The van der Waals surface area contributed by atoms with Crippen molar-refractivity contribution in [3.63, 3.8) is 0 Å². The van der Waals surface area contributed by atoms with Crippen LogP contribution in [0.4, 0.5) is 0 Å². The van der Waals surface area contributed by atoms with Gasteiger partial charge in [-0.05, 0) is 29.8 Å². The molecule has 2 heterocycles. The zero-order valence-corrected chi connectivity index (χ0v) is 15.5. The summed E-state index contributed by atoms with van der Waals surface area (Å²) in [6, 6.07) is 15.1. The van der Waals surface area contributed by atoms with E-state index in [0.717, 1.165) is 22.0 Å². The predicted octanol–water partition coefficient (Wildman–Crippen LogP) is 3.63. The number of amides is 1. The summed E-state index contributed by atoms with van der Waals surface area (Å²) in [7, 11) is 1.35. The quantitative estimate of drug-likeness (QED) is 0.541. The van der Waals surface area contributed by atoms with Crippen molar-refractivity contribution in [1.29, 1.82) is 0 Å². The van der Waals surface area contributed by atoms with Crippen LogP contribution >= 0.6 is 0 Å². The number of rotatable bonds is 4. The molecule has 1 aromatic heterocycles. The van der Waals surface area contributed by atoms with E-state index in [9.17, 15) is 9.59 Å². The molecule has 28 heavy (non-hydrogen) atoms. The van der Waals surface area contributed by atoms with Crippen LogP contribution < -0.4 is 5.43 Å². The number of methoxy groups -OCH3 is 1. The molecule has 6 heteroatoms. The number of aromatic nitrogens is 1. The molecule has 0 saturated heterocycles. The highest BCUT2D eigenvalue weighted by Crippen LogP contribution is 2.27. The Hall–Kier alpha value is -3.67. The normalized spacial score (nSPS) is 16.1. The number of aromatic amines is 1. The summed E-state index contributed by atoms with van der Waals surface area (Å²) in [5.74, 6) is -0.727. The summed E-state index contributed by atoms with van der Waals surface area (Å²) in [6.07, 6.45) is 3.75. The van der Waals surface area contributed by atoms with E-state index in [2.05, 4.69) is 15.5 Å². The number of nitrogens with zero attached hydrogens (tertiary/aromatic N) is 1. The molecule has 2 aromatic carbocycles. The van der Waals surface area contributed by atoms with Crippen LogP contribution in [0, 0.1) is 0 Å². The van der Waals surface area contributed by atoms with Crippen molar-refractivity contribution in [3.8, 4) is 0 Å². The molecule has 0 spiro atoms. The van der Waals surface area contributed by atoms with Gasteiger partial charge in [0.1, 0.15) is 0 Å². The van der Waals surface area contributed by atoms with Gasteiger partial charge >= 0.3 is 5.97 Å². The fraction of sp³-hybridized carbons (Fsp3) is 0.136. The SMILES string of the molecule is COC(=O)c1ccc(C(C)C2=NNC(=O)/C2=C\c2c[nH]c3ccccc23)cc1. The third kappa shape index (κ3) is 3.09. The lowest BCUT2D eigenvalue weighted by molar-refractivity contribution is -0.116. The zero-order valence-electron chi connectivity index (χ0n) is 15.5. The number of hydrogen-bond acceptors (Lipinski definition) is 4. The van der Waals surface area contributed by atoms with E-state index in [1.165, 1.54) is 7.11 Å². The van der Waals surface area contributed by atoms with Crippen molar-refractivity contribution >= 4 is 34.6 Å². The van der Waals surface area contributed by atoms with Crippen LogP contribution in [-0.4, -0.2) is 29.7 Å². The van der Waals surface area contributed by atoms with E-state index in [1.807, 2.05) is 55.6 Å². The minimum atomic E-state index is -0.380. The van der Waals surface area contributed by atoms with Crippen LogP contribution in [-0.2, 0) is 9.53 Å². The number of benzene rings is 2. The van der Waals surface area contributed by atoms with E-state index in [4.69, 9.17) is 4.74 Å². The molecular formula is C22H19N3O3. The Balaban J connectivity index is 1.67. The molecule has 2 N–H and O–H groups in total. The first-order valence-corrected chi connectivity index (χ1v) is 8.93. The molecule has 1 unspecified atom stereocenters. The number of nitrogens with one attached hydrogen (secondary N) is 2. The highest BCUT2D eigenvalue weighted by atomic mass is 16.5. The Morgan fingerprint density at radius 1 is 1.14 bits per heavy atom. The van der Waals surface area contributed by atoms with Crippen LogP contribution in [0.5, 0.6) is 0 Å². The number of hydrogen-bond donors (Lipinski definition) is 2. The van der Waals surface area contributed by atoms with Crippen LogP contribution in [0.3, 0.4) is 0 Å². The highest BCUT2D eigenvalue weighted by Gasteiger charge is 2.28. The Morgan fingerprint density at radius 2 is 1.89 bits per heavy atom. The van der Waals surface area contributed by atoms with Gasteiger partial charge in [-0.1, -0.05) is 37.3 Å². The molecule has 1 aliphatic rings. The fourth-order valence-electron chi connectivity index (χ4n) is 3.37. The third-order valence-corrected chi connectivity index (χ3v) is 4.96. The van der Waals surface area contributed by atoms with Gasteiger partial charge < -0.3 is 9.72 Å². The summed E-state index contributed by atoms with van der Waals surface area (Å²) in [4.78, 5) is 27.2. The minimum Gasteiger partial charge on any atom is -0.465 e. The predicted molar refractivity (Wildman–Crippen MR) is 108 cm³/mol. The zero-order chi connectivity index (χ0) is 19.7. The van der Waals surface area contributed by atoms with E-state index in [-0.39, 0.29) is 17.8 Å². The lowest BCUT2D eigenvalue weighted by Crippen LogP contribution is -2.15. The summed E-state index contributed by atoms with van der Waals surface area (Å²) < 4.78 is 4.73. The van der Waals surface area contributed by atoms with Crippen LogP contribution in [0.1, 0.15) is 34.3 Å². The second kappa shape index (κ2) is 7.15. The van der Waals surface area contributed by atoms with Crippen molar-refractivity contribution in [1.82, 2.24) is 10.4 Å². The molecule has 0 fully saturated rings. The number of ether oxygens (including phenoxy) is 1. The first-order valence-electron chi connectivity index (χ1n) is 8.93. The summed E-state index contributed by atoms with van der Waals surface area (Å²) in [6.45, 7) is 1.98. The maximum atomic E-state index is 12.4. The van der Waals surface area contributed by atoms with Gasteiger partial charge in [-0.3, -0.25) is 4.79 Å². The van der Waals surface area contributed by atoms with E-state index in [0.29, 0.717) is 16.8 Å². The maximum absolute atomic E-state index is 12.4. The molecule has 0 bridgehead atoms.